The molecule has 1 aromatic heterocycles. The molecule has 3 fully saturated rings. The van der Waals surface area contributed by atoms with E-state index in [0.29, 0.717) is 0 Å². The lowest BCUT2D eigenvalue weighted by Gasteiger charge is -2.33. The number of nitrogens with one attached hydrogen (secondary N) is 1. The van der Waals surface area contributed by atoms with Crippen LogP contribution >= 0.6 is 0 Å². The Morgan fingerprint density at radius 1 is 1.18 bits per heavy atom. The molecular formula is C22H36N4O2. The average molecular weight is 389 g/mol. The van der Waals surface area contributed by atoms with Gasteiger partial charge in [-0.3, -0.25) is 9.89 Å². The van der Waals surface area contributed by atoms with Gasteiger partial charge in [-0.15, -0.1) is 0 Å². The van der Waals surface area contributed by atoms with E-state index in [1.807, 2.05) is 6.92 Å². The summed E-state index contributed by atoms with van der Waals surface area (Å²) in [5, 5.41) is 3.55. The molecule has 3 heterocycles. The van der Waals surface area contributed by atoms with Crippen LogP contribution in [0.2, 0.25) is 0 Å². The number of aliphatic imine (C=N–C) groups is 1. The van der Waals surface area contributed by atoms with Gasteiger partial charge < -0.3 is 19.4 Å². The van der Waals surface area contributed by atoms with E-state index in [-0.39, 0.29) is 6.04 Å². The van der Waals surface area contributed by atoms with Crippen molar-refractivity contribution in [3.8, 4) is 0 Å². The van der Waals surface area contributed by atoms with Crippen molar-refractivity contribution in [3.05, 3.63) is 23.7 Å². The molecule has 1 saturated carbocycles. The molecule has 156 valence electrons. The quantitative estimate of drug-likeness (QED) is 0.621. The van der Waals surface area contributed by atoms with Crippen LogP contribution in [0.5, 0.6) is 0 Å². The zero-order valence-electron chi connectivity index (χ0n) is 17.5. The first kappa shape index (κ1) is 19.8. The van der Waals surface area contributed by atoms with Gasteiger partial charge in [0.1, 0.15) is 11.5 Å². The summed E-state index contributed by atoms with van der Waals surface area (Å²) in [6, 6.07) is 4.35. The molecule has 28 heavy (non-hydrogen) atoms. The third-order valence-electron chi connectivity index (χ3n) is 6.60. The number of furan rings is 1. The first-order valence-electron chi connectivity index (χ1n) is 11.2. The molecule has 3 atom stereocenters. The van der Waals surface area contributed by atoms with Crippen molar-refractivity contribution in [1.29, 1.82) is 0 Å². The largest absolute Gasteiger partial charge is 0.465 e. The number of aryl methyl sites for hydroxylation is 1. The Labute approximate surface area is 169 Å². The number of hydrogen-bond donors (Lipinski definition) is 1. The normalized spacial score (nSPS) is 27.6. The first-order chi connectivity index (χ1) is 13.7. The fraction of sp³-hybridized carbons (Fsp3) is 0.773. The summed E-state index contributed by atoms with van der Waals surface area (Å²) < 4.78 is 11.6. The summed E-state index contributed by atoms with van der Waals surface area (Å²) in [6.45, 7) is 11.6. The maximum atomic E-state index is 6.01. The molecule has 1 N–H and O–H groups in total. The van der Waals surface area contributed by atoms with Crippen molar-refractivity contribution in [3.63, 3.8) is 0 Å². The lowest BCUT2D eigenvalue weighted by atomic mass is 9.82. The predicted molar refractivity (Wildman–Crippen MR) is 112 cm³/mol. The number of hydrogen-bond acceptors (Lipinski definition) is 4. The Morgan fingerprint density at radius 2 is 1.89 bits per heavy atom. The zero-order valence-corrected chi connectivity index (χ0v) is 17.5. The molecule has 6 heteroatoms. The number of nitrogens with zero attached hydrogens (tertiary/aromatic N) is 3. The highest BCUT2D eigenvalue weighted by atomic mass is 16.5. The third-order valence-corrected chi connectivity index (χ3v) is 6.60. The van der Waals surface area contributed by atoms with E-state index in [9.17, 15) is 0 Å². The van der Waals surface area contributed by atoms with E-state index >= 15 is 0 Å². The van der Waals surface area contributed by atoms with Gasteiger partial charge in [0.05, 0.1) is 25.8 Å². The van der Waals surface area contributed by atoms with Crippen molar-refractivity contribution in [2.75, 3.05) is 52.5 Å². The molecule has 0 radical (unpaired) electrons. The molecule has 2 aliphatic heterocycles. The molecule has 2 saturated heterocycles. The van der Waals surface area contributed by atoms with Crippen LogP contribution in [-0.2, 0) is 4.74 Å². The molecular weight excluding hydrogens is 352 g/mol. The monoisotopic (exact) mass is 388 g/mol. The van der Waals surface area contributed by atoms with Gasteiger partial charge in [-0.25, -0.2) is 0 Å². The topological polar surface area (TPSA) is 53.2 Å². The molecule has 6 nitrogen and oxygen atoms in total. The molecule has 1 aliphatic carbocycles. The molecule has 0 bridgehead atoms. The van der Waals surface area contributed by atoms with Crippen LogP contribution in [-0.4, -0.2) is 68.2 Å². The van der Waals surface area contributed by atoms with Crippen LogP contribution in [0.4, 0.5) is 0 Å². The lowest BCUT2D eigenvalue weighted by Crippen LogP contribution is -2.42. The summed E-state index contributed by atoms with van der Waals surface area (Å²) in [6.07, 6.45) is 5.59. The standard InChI is InChI=1S/C22H36N4O2/c1-3-23-22(26-15-18-6-4-5-7-19(18)16-26)24-14-20(21-9-8-17(2)28-21)25-10-12-27-13-11-25/h8-9,18-20H,3-7,10-16H2,1-2H3,(H,23,24). The van der Waals surface area contributed by atoms with Gasteiger partial charge in [-0.1, -0.05) is 12.8 Å². The van der Waals surface area contributed by atoms with E-state index in [0.717, 1.165) is 68.7 Å². The van der Waals surface area contributed by atoms with Crippen molar-refractivity contribution < 1.29 is 9.15 Å². The number of rotatable bonds is 5. The van der Waals surface area contributed by atoms with Crippen molar-refractivity contribution in [1.82, 2.24) is 15.1 Å². The van der Waals surface area contributed by atoms with Crippen LogP contribution < -0.4 is 5.32 Å². The predicted octanol–water partition coefficient (Wildman–Crippen LogP) is 3.05. The minimum absolute atomic E-state index is 0.177. The first-order valence-corrected chi connectivity index (χ1v) is 11.2. The van der Waals surface area contributed by atoms with Crippen molar-refractivity contribution >= 4 is 5.96 Å². The van der Waals surface area contributed by atoms with Crippen LogP contribution in [0.25, 0.3) is 0 Å². The second-order valence-corrected chi connectivity index (χ2v) is 8.52. The number of likely N-dealkylation sites (tertiary alicyclic amines) is 1. The summed E-state index contributed by atoms with van der Waals surface area (Å²) in [4.78, 5) is 10.1. The fourth-order valence-corrected chi connectivity index (χ4v) is 5.08. The van der Waals surface area contributed by atoms with Gasteiger partial charge >= 0.3 is 0 Å². The minimum atomic E-state index is 0.177. The lowest BCUT2D eigenvalue weighted by molar-refractivity contribution is 0.0135. The fourth-order valence-electron chi connectivity index (χ4n) is 5.08. The summed E-state index contributed by atoms with van der Waals surface area (Å²) >= 11 is 0. The van der Waals surface area contributed by atoms with Gasteiger partial charge in [-0.05, 0) is 50.7 Å². The smallest absolute Gasteiger partial charge is 0.194 e. The van der Waals surface area contributed by atoms with Gasteiger partial charge in [0.15, 0.2) is 5.96 Å². The van der Waals surface area contributed by atoms with Crippen LogP contribution in [0.15, 0.2) is 21.5 Å². The van der Waals surface area contributed by atoms with Gasteiger partial charge in [0.2, 0.25) is 0 Å². The van der Waals surface area contributed by atoms with Gasteiger partial charge in [0, 0.05) is 32.7 Å². The maximum Gasteiger partial charge on any atom is 0.194 e. The Hall–Kier alpha value is -1.53. The number of ether oxygens (including phenoxy) is 1. The maximum absolute atomic E-state index is 6.01. The Morgan fingerprint density at radius 3 is 2.50 bits per heavy atom. The van der Waals surface area contributed by atoms with Gasteiger partial charge in [0.25, 0.3) is 0 Å². The highest BCUT2D eigenvalue weighted by Crippen LogP contribution is 2.36. The Balaban J connectivity index is 1.49. The van der Waals surface area contributed by atoms with E-state index in [4.69, 9.17) is 14.1 Å². The van der Waals surface area contributed by atoms with Crippen molar-refractivity contribution in [2.24, 2.45) is 16.8 Å². The molecule has 3 unspecified atom stereocenters. The second kappa shape index (κ2) is 9.31. The molecule has 0 amide bonds. The summed E-state index contributed by atoms with van der Waals surface area (Å²) in [7, 11) is 0. The second-order valence-electron chi connectivity index (χ2n) is 8.52. The number of morpholine rings is 1. The molecule has 3 aliphatic rings. The van der Waals surface area contributed by atoms with Crippen molar-refractivity contribution in [2.45, 2.75) is 45.6 Å². The van der Waals surface area contributed by atoms with Crippen LogP contribution in [0.3, 0.4) is 0 Å². The number of fused-ring (bicyclic) bond motifs is 1. The molecule has 0 aromatic carbocycles. The van der Waals surface area contributed by atoms with E-state index in [2.05, 4.69) is 34.2 Å². The molecule has 4 rings (SSSR count). The van der Waals surface area contributed by atoms with Gasteiger partial charge in [-0.2, -0.15) is 0 Å². The Bertz CT molecular complexity index is 639. The SMILES string of the molecule is CCNC(=NCC(c1ccc(C)o1)N1CCOCC1)N1CC2CCCCC2C1. The molecule has 1 aromatic rings. The van der Waals surface area contributed by atoms with E-state index < -0.39 is 0 Å². The summed E-state index contributed by atoms with van der Waals surface area (Å²) in [5.41, 5.74) is 0. The van der Waals surface area contributed by atoms with Crippen LogP contribution in [0.1, 0.15) is 50.2 Å². The summed E-state index contributed by atoms with van der Waals surface area (Å²) in [5.74, 6) is 4.79. The highest BCUT2D eigenvalue weighted by molar-refractivity contribution is 5.80. The third kappa shape index (κ3) is 4.54. The zero-order chi connectivity index (χ0) is 19.3. The molecule has 0 spiro atoms. The highest BCUT2D eigenvalue weighted by Gasteiger charge is 2.35. The number of guanidine groups is 1. The van der Waals surface area contributed by atoms with E-state index in [1.54, 1.807) is 0 Å². The average Bonchev–Trinajstić information content (AvgIpc) is 3.34. The van der Waals surface area contributed by atoms with E-state index in [1.165, 1.54) is 38.8 Å². The Kier molecular flexibility index (Phi) is 6.58. The minimum Gasteiger partial charge on any atom is -0.465 e. The van der Waals surface area contributed by atoms with Crippen LogP contribution in [0, 0.1) is 18.8 Å².